The Bertz CT molecular complexity index is 1170. The molecule has 1 atom stereocenters. The minimum absolute atomic E-state index is 0.0646. The molecule has 0 aliphatic carbocycles. The highest BCUT2D eigenvalue weighted by atomic mass is 35.5. The molecular formula is C25H26Cl2N2O4. The molecule has 0 bridgehead atoms. The lowest BCUT2D eigenvalue weighted by molar-refractivity contribution is 0.0697. The Balaban J connectivity index is 1.83. The smallest absolute Gasteiger partial charge is 0.335 e. The van der Waals surface area contributed by atoms with Crippen molar-refractivity contribution >= 4 is 29.2 Å². The summed E-state index contributed by atoms with van der Waals surface area (Å²) < 4.78 is 6.84. The Morgan fingerprint density at radius 1 is 1.09 bits per heavy atom. The summed E-state index contributed by atoms with van der Waals surface area (Å²) in [5, 5.41) is 9.56. The third-order valence-electron chi connectivity index (χ3n) is 5.79. The molecule has 1 unspecified atom stereocenters. The quantitative estimate of drug-likeness (QED) is 0.442. The second kappa shape index (κ2) is 10.9. The van der Waals surface area contributed by atoms with Crippen LogP contribution >= 0.6 is 23.2 Å². The van der Waals surface area contributed by atoms with E-state index in [1.54, 1.807) is 35.9 Å². The summed E-state index contributed by atoms with van der Waals surface area (Å²) in [6.45, 7) is 2.89. The first kappa shape index (κ1) is 24.8. The zero-order valence-electron chi connectivity index (χ0n) is 18.7. The Labute approximate surface area is 202 Å². The summed E-state index contributed by atoms with van der Waals surface area (Å²) in [6.07, 6.45) is 0.529. The molecule has 0 aliphatic heterocycles. The molecule has 0 spiro atoms. The van der Waals surface area contributed by atoms with Gasteiger partial charge in [-0.3, -0.25) is 9.69 Å². The van der Waals surface area contributed by atoms with Crippen LogP contribution in [0.3, 0.4) is 0 Å². The Kier molecular flexibility index (Phi) is 8.19. The van der Waals surface area contributed by atoms with Crippen LogP contribution in [0.1, 0.15) is 40.1 Å². The van der Waals surface area contributed by atoms with Crippen molar-refractivity contribution in [2.75, 3.05) is 14.2 Å². The highest BCUT2D eigenvalue weighted by Crippen LogP contribution is 2.26. The summed E-state index contributed by atoms with van der Waals surface area (Å²) in [7, 11) is 3.60. The maximum Gasteiger partial charge on any atom is 0.335 e. The number of nitrogens with zero attached hydrogens (tertiary/aromatic N) is 2. The number of hydrogen-bond acceptors (Lipinski definition) is 4. The molecule has 1 aromatic heterocycles. The molecule has 1 heterocycles. The number of carbonyl (C=O) groups is 1. The molecule has 0 saturated heterocycles. The fraction of sp³-hybridized carbons (Fsp3) is 0.280. The van der Waals surface area contributed by atoms with Crippen LogP contribution < -0.4 is 10.3 Å². The number of rotatable bonds is 9. The zero-order valence-corrected chi connectivity index (χ0v) is 20.2. The Morgan fingerprint density at radius 3 is 2.30 bits per heavy atom. The van der Waals surface area contributed by atoms with Crippen molar-refractivity contribution in [2.24, 2.45) is 0 Å². The molecule has 0 radical (unpaired) electrons. The number of ether oxygens (including phenoxy) is 1. The van der Waals surface area contributed by atoms with Crippen LogP contribution in [0, 0.1) is 0 Å². The summed E-state index contributed by atoms with van der Waals surface area (Å²) in [4.78, 5) is 26.0. The molecule has 0 fully saturated rings. The fourth-order valence-corrected chi connectivity index (χ4v) is 4.14. The molecule has 6 nitrogen and oxygen atoms in total. The van der Waals surface area contributed by atoms with E-state index in [1.807, 2.05) is 31.3 Å². The van der Waals surface area contributed by atoms with E-state index in [0.29, 0.717) is 30.2 Å². The van der Waals surface area contributed by atoms with Gasteiger partial charge >= 0.3 is 5.97 Å². The van der Waals surface area contributed by atoms with Gasteiger partial charge in [-0.1, -0.05) is 47.5 Å². The van der Waals surface area contributed by atoms with Crippen molar-refractivity contribution in [1.82, 2.24) is 9.47 Å². The van der Waals surface area contributed by atoms with Crippen LogP contribution in [-0.4, -0.2) is 34.7 Å². The summed E-state index contributed by atoms with van der Waals surface area (Å²) in [5.74, 6) is -0.185. The highest BCUT2D eigenvalue weighted by molar-refractivity contribution is 6.34. The van der Waals surface area contributed by atoms with Gasteiger partial charge in [-0.2, -0.15) is 0 Å². The summed E-state index contributed by atoms with van der Waals surface area (Å²) in [6, 6.07) is 16.0. The first-order chi connectivity index (χ1) is 15.7. The maximum absolute atomic E-state index is 12.9. The number of methoxy groups -OCH3 is 1. The van der Waals surface area contributed by atoms with Gasteiger partial charge in [0, 0.05) is 19.1 Å². The topological polar surface area (TPSA) is 71.8 Å². The largest absolute Gasteiger partial charge is 0.497 e. The monoisotopic (exact) mass is 488 g/mol. The van der Waals surface area contributed by atoms with Crippen LogP contribution in [0.5, 0.6) is 5.75 Å². The number of halogens is 2. The third-order valence-corrected chi connectivity index (χ3v) is 6.39. The molecular weight excluding hydrogens is 463 g/mol. The minimum atomic E-state index is -0.976. The Hall–Kier alpha value is -2.80. The van der Waals surface area contributed by atoms with Crippen molar-refractivity contribution < 1.29 is 14.6 Å². The average Bonchev–Trinajstić information content (AvgIpc) is 2.82. The zero-order chi connectivity index (χ0) is 24.1. The lowest BCUT2D eigenvalue weighted by Gasteiger charge is -2.27. The number of aromatic nitrogens is 1. The van der Waals surface area contributed by atoms with Crippen LogP contribution in [0.4, 0.5) is 0 Å². The molecule has 0 amide bonds. The van der Waals surface area contributed by atoms with E-state index < -0.39 is 5.97 Å². The molecule has 1 N–H and O–H groups in total. The van der Waals surface area contributed by atoms with Gasteiger partial charge in [0.2, 0.25) is 0 Å². The summed E-state index contributed by atoms with van der Waals surface area (Å²) in [5.41, 5.74) is 2.61. The van der Waals surface area contributed by atoms with Gasteiger partial charge in [0.25, 0.3) is 5.56 Å². The molecule has 3 rings (SSSR count). The van der Waals surface area contributed by atoms with Gasteiger partial charge in [0.1, 0.15) is 10.8 Å². The van der Waals surface area contributed by atoms with Crippen molar-refractivity contribution in [3.05, 3.63) is 97.4 Å². The molecule has 0 saturated carbocycles. The van der Waals surface area contributed by atoms with Crippen LogP contribution in [-0.2, 0) is 19.5 Å². The number of carboxylic acids is 1. The molecule has 2 aromatic carbocycles. The number of pyridine rings is 1. The van der Waals surface area contributed by atoms with Crippen LogP contribution in [0.15, 0.2) is 59.4 Å². The lowest BCUT2D eigenvalue weighted by atomic mass is 10.1. The second-order valence-electron chi connectivity index (χ2n) is 7.86. The first-order valence-electron chi connectivity index (χ1n) is 10.5. The highest BCUT2D eigenvalue weighted by Gasteiger charge is 2.18. The second-order valence-corrected chi connectivity index (χ2v) is 8.67. The maximum atomic E-state index is 12.9. The third kappa shape index (κ3) is 5.96. The number of hydrogen-bond donors (Lipinski definition) is 1. The predicted molar refractivity (Wildman–Crippen MR) is 131 cm³/mol. The molecule has 33 heavy (non-hydrogen) atoms. The van der Waals surface area contributed by atoms with Gasteiger partial charge in [-0.05, 0) is 61.9 Å². The van der Waals surface area contributed by atoms with Crippen molar-refractivity contribution in [2.45, 2.75) is 32.5 Å². The first-order valence-corrected chi connectivity index (χ1v) is 11.2. The van der Waals surface area contributed by atoms with E-state index in [2.05, 4.69) is 11.8 Å². The van der Waals surface area contributed by atoms with Crippen LogP contribution in [0.25, 0.3) is 0 Å². The molecule has 8 heteroatoms. The average molecular weight is 489 g/mol. The van der Waals surface area contributed by atoms with Gasteiger partial charge in [-0.15, -0.1) is 0 Å². The number of aryl methyl sites for hydroxylation is 1. The van der Waals surface area contributed by atoms with Gasteiger partial charge in [0.05, 0.1) is 23.4 Å². The molecule has 0 aliphatic rings. The van der Waals surface area contributed by atoms with Gasteiger partial charge < -0.3 is 14.4 Å². The van der Waals surface area contributed by atoms with Crippen molar-refractivity contribution in [3.8, 4) is 5.75 Å². The number of benzene rings is 2. The van der Waals surface area contributed by atoms with E-state index in [0.717, 1.165) is 16.9 Å². The molecule has 174 valence electrons. The Morgan fingerprint density at radius 2 is 1.73 bits per heavy atom. The normalized spacial score (nSPS) is 12.1. The standard InChI is InChI=1S/C25H26Cl2N2O4/c1-16(18-8-10-20(33-3)11-9-18)28(2)15-23-21(26)14-22(27)24(30)29(23)13-12-17-4-6-19(7-5-17)25(31)32/h4-11,14,16H,12-13,15H2,1-3H3,(H,31,32). The predicted octanol–water partition coefficient (Wildman–Crippen LogP) is 5.30. The van der Waals surface area contributed by atoms with E-state index in [4.69, 9.17) is 33.0 Å². The number of aromatic carboxylic acids is 1. The van der Waals surface area contributed by atoms with E-state index in [1.165, 1.54) is 6.07 Å². The van der Waals surface area contributed by atoms with Gasteiger partial charge in [0.15, 0.2) is 0 Å². The summed E-state index contributed by atoms with van der Waals surface area (Å²) >= 11 is 12.7. The van der Waals surface area contributed by atoms with Crippen molar-refractivity contribution in [1.29, 1.82) is 0 Å². The minimum Gasteiger partial charge on any atom is -0.497 e. The molecule has 3 aromatic rings. The lowest BCUT2D eigenvalue weighted by Crippen LogP contribution is -2.30. The number of carboxylic acid groups (broad SMARTS) is 1. The van der Waals surface area contributed by atoms with Crippen molar-refractivity contribution in [3.63, 3.8) is 0 Å². The van der Waals surface area contributed by atoms with E-state index in [9.17, 15) is 9.59 Å². The van der Waals surface area contributed by atoms with Gasteiger partial charge in [-0.25, -0.2) is 4.79 Å². The van der Waals surface area contributed by atoms with Crippen LogP contribution in [0.2, 0.25) is 10.0 Å². The van der Waals surface area contributed by atoms with E-state index in [-0.39, 0.29) is 22.2 Å². The fourth-order valence-electron chi connectivity index (χ4n) is 3.60. The van der Waals surface area contributed by atoms with E-state index >= 15 is 0 Å². The SMILES string of the molecule is COc1ccc(C(C)N(C)Cc2c(Cl)cc(Cl)c(=O)n2CCc2ccc(C(=O)O)cc2)cc1.